The Morgan fingerprint density at radius 2 is 1.82 bits per heavy atom. The van der Waals surface area contributed by atoms with E-state index in [0.717, 1.165) is 16.4 Å². The number of para-hydroxylation sites is 1. The lowest BCUT2D eigenvalue weighted by Crippen LogP contribution is -2.22. The van der Waals surface area contributed by atoms with Crippen LogP contribution in [-0.2, 0) is 4.79 Å². The zero-order valence-electron chi connectivity index (χ0n) is 17.7. The number of anilines is 1. The molecule has 0 aliphatic heterocycles. The van der Waals surface area contributed by atoms with E-state index in [1.807, 2.05) is 30.3 Å². The smallest absolute Gasteiger partial charge is 0.272 e. The summed E-state index contributed by atoms with van der Waals surface area (Å²) < 4.78 is 11.3. The molecule has 9 heteroatoms. The molecule has 1 heterocycles. The summed E-state index contributed by atoms with van der Waals surface area (Å²) in [5, 5.41) is 9.27. The minimum atomic E-state index is -0.506. The predicted octanol–water partition coefficient (Wildman–Crippen LogP) is 6.04. The Labute approximate surface area is 199 Å². The number of rotatable bonds is 6. The first-order valence-corrected chi connectivity index (χ1v) is 10.7. The van der Waals surface area contributed by atoms with Crippen LogP contribution in [0.2, 0.25) is 10.0 Å². The summed E-state index contributed by atoms with van der Waals surface area (Å²) in [6.07, 6.45) is -0.0457. The van der Waals surface area contributed by atoms with Gasteiger partial charge in [-0.1, -0.05) is 41.4 Å². The van der Waals surface area contributed by atoms with Crippen LogP contribution in [0.3, 0.4) is 0 Å². The van der Waals surface area contributed by atoms with Crippen LogP contribution in [0.15, 0.2) is 64.1 Å². The maximum Gasteiger partial charge on any atom is 0.272 e. The lowest BCUT2D eigenvalue weighted by atomic mass is 10.1. The van der Waals surface area contributed by atoms with Crippen LogP contribution < -0.4 is 15.5 Å². The summed E-state index contributed by atoms with van der Waals surface area (Å²) >= 11 is 11.9. The molecule has 4 rings (SSSR count). The Balaban J connectivity index is 1.46. The molecule has 168 valence electrons. The van der Waals surface area contributed by atoms with Crippen molar-refractivity contribution < 1.29 is 18.7 Å². The number of ether oxygens (including phenoxy) is 1. The number of halogens is 2. The highest BCUT2D eigenvalue weighted by molar-refractivity contribution is 6.36. The van der Waals surface area contributed by atoms with Crippen LogP contribution in [0.1, 0.15) is 23.7 Å². The second-order valence-electron chi connectivity index (χ2n) is 7.28. The van der Waals surface area contributed by atoms with Crippen molar-refractivity contribution in [3.05, 3.63) is 70.2 Å². The lowest BCUT2D eigenvalue weighted by Gasteiger charge is -2.10. The molecule has 33 heavy (non-hydrogen) atoms. The van der Waals surface area contributed by atoms with Crippen molar-refractivity contribution in [2.24, 2.45) is 5.10 Å². The molecule has 0 radical (unpaired) electrons. The van der Waals surface area contributed by atoms with Gasteiger partial charge in [0.05, 0.1) is 29.8 Å². The van der Waals surface area contributed by atoms with E-state index in [2.05, 4.69) is 15.8 Å². The van der Waals surface area contributed by atoms with E-state index in [1.54, 1.807) is 19.1 Å². The molecule has 0 bridgehead atoms. The van der Waals surface area contributed by atoms with E-state index in [1.165, 1.54) is 19.2 Å². The second kappa shape index (κ2) is 9.52. The molecule has 2 amide bonds. The Morgan fingerprint density at radius 1 is 1.03 bits per heavy atom. The monoisotopic (exact) mass is 483 g/mol. The first-order chi connectivity index (χ1) is 15.9. The minimum Gasteiger partial charge on any atom is -0.495 e. The van der Waals surface area contributed by atoms with E-state index in [-0.39, 0.29) is 22.9 Å². The highest BCUT2D eigenvalue weighted by Gasteiger charge is 2.15. The summed E-state index contributed by atoms with van der Waals surface area (Å²) in [5.74, 6) is -0.333. The molecule has 0 saturated heterocycles. The Hall–Kier alpha value is -3.55. The standard InChI is InChI=1S/C24H19Cl2N3O4/c1-13(28-29-24(31)16-8-7-14(25)10-18(16)26)9-23(30)27-19-12-21-17(11-22(19)32-2)15-5-3-4-6-20(15)33-21/h3-8,10-12H,9H2,1-2H3,(H,27,30)(H,29,31)/b28-13-. The van der Waals surface area contributed by atoms with Crippen LogP contribution in [-0.4, -0.2) is 24.6 Å². The molecule has 0 fully saturated rings. The van der Waals surface area contributed by atoms with Crippen molar-refractivity contribution in [1.82, 2.24) is 5.43 Å². The van der Waals surface area contributed by atoms with Crippen LogP contribution in [0.5, 0.6) is 5.75 Å². The third kappa shape index (κ3) is 4.94. The number of amides is 2. The number of nitrogens with one attached hydrogen (secondary N) is 2. The second-order valence-corrected chi connectivity index (χ2v) is 8.13. The Morgan fingerprint density at radius 3 is 2.58 bits per heavy atom. The molecular weight excluding hydrogens is 465 g/mol. The number of furan rings is 1. The third-order valence-corrected chi connectivity index (χ3v) is 5.46. The van der Waals surface area contributed by atoms with Gasteiger partial charge in [0.1, 0.15) is 16.9 Å². The molecule has 0 aliphatic rings. The van der Waals surface area contributed by atoms with E-state index in [9.17, 15) is 9.59 Å². The fourth-order valence-electron chi connectivity index (χ4n) is 3.36. The summed E-state index contributed by atoms with van der Waals surface area (Å²) in [7, 11) is 1.53. The highest BCUT2D eigenvalue weighted by atomic mass is 35.5. The molecule has 4 aromatic rings. The fourth-order valence-corrected chi connectivity index (χ4v) is 3.86. The van der Waals surface area contributed by atoms with Crippen molar-refractivity contribution in [3.63, 3.8) is 0 Å². The number of carbonyl (C=O) groups is 2. The van der Waals surface area contributed by atoms with Crippen molar-refractivity contribution >= 4 is 68.4 Å². The summed E-state index contributed by atoms with van der Waals surface area (Å²) in [6.45, 7) is 1.63. The van der Waals surface area contributed by atoms with Crippen molar-refractivity contribution in [1.29, 1.82) is 0 Å². The van der Waals surface area contributed by atoms with Crippen LogP contribution in [0, 0.1) is 0 Å². The summed E-state index contributed by atoms with van der Waals surface area (Å²) in [6, 6.07) is 15.7. The maximum absolute atomic E-state index is 12.6. The SMILES string of the molecule is COc1cc2c(cc1NC(=O)C/C(C)=N\NC(=O)c1ccc(Cl)cc1Cl)oc1ccccc12. The van der Waals surface area contributed by atoms with Gasteiger partial charge in [-0.05, 0) is 37.3 Å². The van der Waals surface area contributed by atoms with E-state index in [4.69, 9.17) is 32.4 Å². The topological polar surface area (TPSA) is 92.9 Å². The van der Waals surface area contributed by atoms with Crippen molar-refractivity contribution in [2.45, 2.75) is 13.3 Å². The third-order valence-electron chi connectivity index (χ3n) is 4.91. The molecule has 0 atom stereocenters. The number of carbonyl (C=O) groups excluding carboxylic acids is 2. The highest BCUT2D eigenvalue weighted by Crippen LogP contribution is 2.36. The van der Waals surface area contributed by atoms with Gasteiger partial charge in [-0.2, -0.15) is 5.10 Å². The number of nitrogens with zero attached hydrogens (tertiary/aromatic N) is 1. The van der Waals surface area contributed by atoms with Crippen LogP contribution in [0.4, 0.5) is 5.69 Å². The summed E-state index contributed by atoms with van der Waals surface area (Å²) in [5.41, 5.74) is 4.87. The van der Waals surface area contributed by atoms with Gasteiger partial charge in [0, 0.05) is 27.6 Å². The average Bonchev–Trinajstić information content (AvgIpc) is 3.14. The zero-order valence-corrected chi connectivity index (χ0v) is 19.3. The maximum atomic E-state index is 12.6. The average molecular weight is 484 g/mol. The van der Waals surface area contributed by atoms with Crippen molar-refractivity contribution in [3.8, 4) is 5.75 Å². The molecule has 3 aromatic carbocycles. The Bertz CT molecular complexity index is 1410. The van der Waals surface area contributed by atoms with E-state index >= 15 is 0 Å². The number of methoxy groups -OCH3 is 1. The van der Waals surface area contributed by atoms with E-state index in [0.29, 0.717) is 27.8 Å². The van der Waals surface area contributed by atoms with Gasteiger partial charge in [0.25, 0.3) is 5.91 Å². The number of fused-ring (bicyclic) bond motifs is 3. The number of benzene rings is 3. The first kappa shape index (κ1) is 22.6. The molecule has 2 N–H and O–H groups in total. The molecular formula is C24H19Cl2N3O4. The zero-order chi connectivity index (χ0) is 23.5. The predicted molar refractivity (Wildman–Crippen MR) is 131 cm³/mol. The fraction of sp³-hybridized carbons (Fsp3) is 0.125. The largest absolute Gasteiger partial charge is 0.495 e. The van der Waals surface area contributed by atoms with Gasteiger partial charge < -0.3 is 14.5 Å². The molecule has 7 nitrogen and oxygen atoms in total. The first-order valence-electron chi connectivity index (χ1n) is 9.93. The van der Waals surface area contributed by atoms with Gasteiger partial charge in [0.15, 0.2) is 0 Å². The quantitative estimate of drug-likeness (QED) is 0.258. The van der Waals surface area contributed by atoms with Gasteiger partial charge in [-0.3, -0.25) is 9.59 Å². The normalized spacial score (nSPS) is 11.6. The van der Waals surface area contributed by atoms with Gasteiger partial charge in [-0.15, -0.1) is 0 Å². The molecule has 0 unspecified atom stereocenters. The van der Waals surface area contributed by atoms with Gasteiger partial charge in [-0.25, -0.2) is 5.43 Å². The number of hydrogen-bond acceptors (Lipinski definition) is 5. The van der Waals surface area contributed by atoms with Gasteiger partial charge in [0.2, 0.25) is 5.91 Å². The molecule has 0 saturated carbocycles. The van der Waals surface area contributed by atoms with Gasteiger partial charge >= 0.3 is 0 Å². The number of hydrazone groups is 1. The van der Waals surface area contributed by atoms with Crippen LogP contribution >= 0.6 is 23.2 Å². The van der Waals surface area contributed by atoms with Crippen molar-refractivity contribution in [2.75, 3.05) is 12.4 Å². The van der Waals surface area contributed by atoms with Crippen LogP contribution in [0.25, 0.3) is 21.9 Å². The minimum absolute atomic E-state index is 0.0457. The number of hydrogen-bond donors (Lipinski definition) is 2. The lowest BCUT2D eigenvalue weighted by molar-refractivity contribution is -0.115. The van der Waals surface area contributed by atoms with E-state index < -0.39 is 5.91 Å². The molecule has 0 aliphatic carbocycles. The molecule has 0 spiro atoms. The Kier molecular flexibility index (Phi) is 6.53. The molecule has 1 aromatic heterocycles. The summed E-state index contributed by atoms with van der Waals surface area (Å²) in [4.78, 5) is 24.8.